The monoisotopic (exact) mass is 472 g/mol. The molecular formula is C28H32N4O3. The van der Waals surface area contributed by atoms with Crippen molar-refractivity contribution >= 4 is 11.7 Å². The molecule has 7 nitrogen and oxygen atoms in total. The number of aryl methyl sites for hydroxylation is 2. The highest BCUT2D eigenvalue weighted by Crippen LogP contribution is 2.23. The van der Waals surface area contributed by atoms with Crippen LogP contribution in [0.15, 0.2) is 60.1 Å². The average Bonchev–Trinajstić information content (AvgIpc) is 3.34. The summed E-state index contributed by atoms with van der Waals surface area (Å²) in [4.78, 5) is 27.5. The number of carboxylic acids is 1. The van der Waals surface area contributed by atoms with Crippen LogP contribution in [-0.2, 0) is 29.2 Å². The van der Waals surface area contributed by atoms with Gasteiger partial charge in [-0.15, -0.1) is 0 Å². The summed E-state index contributed by atoms with van der Waals surface area (Å²) >= 11 is 0. The second-order valence-electron chi connectivity index (χ2n) is 9.09. The predicted molar refractivity (Wildman–Crippen MR) is 136 cm³/mol. The van der Waals surface area contributed by atoms with E-state index < -0.39 is 5.97 Å². The molecule has 1 atom stereocenters. The molecule has 182 valence electrons. The number of aromatic nitrogens is 2. The molecule has 1 saturated heterocycles. The quantitative estimate of drug-likeness (QED) is 0.353. The highest BCUT2D eigenvalue weighted by molar-refractivity contribution is 5.98. The zero-order valence-corrected chi connectivity index (χ0v) is 20.6. The number of carbonyl (C=O) groups is 1. The molecule has 0 amide bonds. The molecular weight excluding hydrogens is 440 g/mol. The third kappa shape index (κ3) is 6.11. The Bertz CT molecular complexity index is 1210. The molecule has 2 heterocycles. The van der Waals surface area contributed by atoms with Gasteiger partial charge in [-0.2, -0.15) is 0 Å². The van der Waals surface area contributed by atoms with Crippen molar-refractivity contribution in [3.8, 4) is 11.3 Å². The highest BCUT2D eigenvalue weighted by atomic mass is 16.6. The van der Waals surface area contributed by atoms with Gasteiger partial charge in [0, 0.05) is 24.8 Å². The van der Waals surface area contributed by atoms with Crippen LogP contribution in [0.5, 0.6) is 0 Å². The van der Waals surface area contributed by atoms with Gasteiger partial charge in [0.05, 0.1) is 17.3 Å². The fourth-order valence-corrected chi connectivity index (χ4v) is 4.56. The lowest BCUT2D eigenvalue weighted by Crippen LogP contribution is -2.23. The minimum absolute atomic E-state index is 0.252. The smallest absolute Gasteiger partial charge is 0.307 e. The summed E-state index contributed by atoms with van der Waals surface area (Å²) in [7, 11) is 0. The molecule has 0 bridgehead atoms. The van der Waals surface area contributed by atoms with Crippen LogP contribution in [-0.4, -0.2) is 44.7 Å². The van der Waals surface area contributed by atoms with E-state index in [1.54, 1.807) is 12.5 Å². The summed E-state index contributed by atoms with van der Waals surface area (Å²) in [5, 5.41) is 13.6. The number of rotatable bonds is 9. The number of benzene rings is 2. The first-order valence-corrected chi connectivity index (χ1v) is 12.0. The Morgan fingerprint density at radius 1 is 1.20 bits per heavy atom. The van der Waals surface area contributed by atoms with Crippen LogP contribution in [0.2, 0.25) is 0 Å². The van der Waals surface area contributed by atoms with E-state index in [0.717, 1.165) is 59.6 Å². The number of likely N-dealkylation sites (tertiary alicyclic amines) is 1. The SMILES string of the molecule is CCc1cc(C(C)=NOCc2ccc(-c3ccncn3)c(C)c2)ccc1CN1CCC(C(=O)O)C1. The maximum absolute atomic E-state index is 11.3. The third-order valence-corrected chi connectivity index (χ3v) is 6.60. The van der Waals surface area contributed by atoms with Gasteiger partial charge in [0.2, 0.25) is 0 Å². The van der Waals surface area contributed by atoms with E-state index in [2.05, 4.69) is 64.2 Å². The van der Waals surface area contributed by atoms with Gasteiger partial charge in [0.15, 0.2) is 0 Å². The summed E-state index contributed by atoms with van der Waals surface area (Å²) in [6, 6.07) is 14.5. The van der Waals surface area contributed by atoms with Crippen molar-refractivity contribution < 1.29 is 14.7 Å². The van der Waals surface area contributed by atoms with E-state index in [9.17, 15) is 9.90 Å². The number of hydrogen-bond donors (Lipinski definition) is 1. The molecule has 2 aromatic carbocycles. The zero-order chi connectivity index (χ0) is 24.8. The molecule has 0 spiro atoms. The van der Waals surface area contributed by atoms with Gasteiger partial charge >= 0.3 is 5.97 Å². The van der Waals surface area contributed by atoms with Crippen LogP contribution in [0.3, 0.4) is 0 Å². The van der Waals surface area contributed by atoms with E-state index in [-0.39, 0.29) is 5.92 Å². The first-order valence-electron chi connectivity index (χ1n) is 12.0. The first kappa shape index (κ1) is 24.5. The van der Waals surface area contributed by atoms with Crippen LogP contribution < -0.4 is 0 Å². The Labute approximate surface area is 206 Å². The van der Waals surface area contributed by atoms with E-state index in [4.69, 9.17) is 4.84 Å². The van der Waals surface area contributed by atoms with Crippen molar-refractivity contribution in [2.24, 2.45) is 11.1 Å². The van der Waals surface area contributed by atoms with Gasteiger partial charge in [0.1, 0.15) is 12.9 Å². The van der Waals surface area contributed by atoms with Crippen molar-refractivity contribution in [3.63, 3.8) is 0 Å². The fourth-order valence-electron chi connectivity index (χ4n) is 4.56. The van der Waals surface area contributed by atoms with Gasteiger partial charge in [-0.3, -0.25) is 9.69 Å². The van der Waals surface area contributed by atoms with Crippen LogP contribution >= 0.6 is 0 Å². The molecule has 1 aliphatic heterocycles. The maximum atomic E-state index is 11.3. The van der Waals surface area contributed by atoms with Gasteiger partial charge in [-0.05, 0) is 73.2 Å². The largest absolute Gasteiger partial charge is 0.481 e. The maximum Gasteiger partial charge on any atom is 0.307 e. The Kier molecular flexibility index (Phi) is 7.87. The molecule has 1 aliphatic rings. The standard InChI is InChI=1S/C28H32N4O3/c1-4-22-14-23(6-7-24(22)15-32-12-10-25(16-32)28(33)34)20(3)31-35-17-21-5-8-26(19(2)13-21)27-9-11-29-18-30-27/h5-9,11,13-14,18,25H,4,10,12,15-17H2,1-3H3,(H,33,34). The van der Waals surface area contributed by atoms with Gasteiger partial charge in [0.25, 0.3) is 0 Å². The Morgan fingerprint density at radius 3 is 2.74 bits per heavy atom. The van der Waals surface area contributed by atoms with Crippen LogP contribution in [0, 0.1) is 12.8 Å². The molecule has 4 rings (SSSR count). The van der Waals surface area contributed by atoms with Crippen molar-refractivity contribution in [3.05, 3.63) is 82.8 Å². The van der Waals surface area contributed by atoms with E-state index >= 15 is 0 Å². The van der Waals surface area contributed by atoms with E-state index in [0.29, 0.717) is 13.2 Å². The molecule has 0 aliphatic carbocycles. The molecule has 1 unspecified atom stereocenters. The van der Waals surface area contributed by atoms with Crippen LogP contribution in [0.4, 0.5) is 0 Å². The second-order valence-corrected chi connectivity index (χ2v) is 9.09. The van der Waals surface area contributed by atoms with Gasteiger partial charge < -0.3 is 9.94 Å². The molecule has 1 aromatic heterocycles. The second kappa shape index (κ2) is 11.2. The molecule has 0 radical (unpaired) electrons. The zero-order valence-electron chi connectivity index (χ0n) is 20.6. The average molecular weight is 473 g/mol. The van der Waals surface area contributed by atoms with Crippen molar-refractivity contribution in [1.82, 2.24) is 14.9 Å². The topological polar surface area (TPSA) is 87.9 Å². The van der Waals surface area contributed by atoms with Crippen molar-refractivity contribution in [2.45, 2.75) is 46.8 Å². The molecule has 3 aromatic rings. The minimum atomic E-state index is -0.692. The van der Waals surface area contributed by atoms with E-state index in [1.165, 1.54) is 11.1 Å². The van der Waals surface area contributed by atoms with Crippen molar-refractivity contribution in [2.75, 3.05) is 13.1 Å². The lowest BCUT2D eigenvalue weighted by molar-refractivity contribution is -0.141. The third-order valence-electron chi connectivity index (χ3n) is 6.60. The molecule has 35 heavy (non-hydrogen) atoms. The lowest BCUT2D eigenvalue weighted by atomic mass is 9.99. The fraction of sp³-hybridized carbons (Fsp3) is 0.357. The molecule has 7 heteroatoms. The Hall–Kier alpha value is -3.58. The van der Waals surface area contributed by atoms with E-state index in [1.807, 2.05) is 19.1 Å². The van der Waals surface area contributed by atoms with Gasteiger partial charge in [-0.1, -0.05) is 42.4 Å². The minimum Gasteiger partial charge on any atom is -0.481 e. The van der Waals surface area contributed by atoms with Crippen LogP contribution in [0.1, 0.15) is 48.1 Å². The number of aliphatic carboxylic acids is 1. The summed E-state index contributed by atoms with van der Waals surface area (Å²) in [6.45, 7) is 8.78. The summed E-state index contributed by atoms with van der Waals surface area (Å²) in [6.07, 6.45) is 4.93. The lowest BCUT2D eigenvalue weighted by Gasteiger charge is -2.18. The first-order chi connectivity index (χ1) is 16.9. The predicted octanol–water partition coefficient (Wildman–Crippen LogP) is 4.86. The summed E-state index contributed by atoms with van der Waals surface area (Å²) in [5.41, 5.74) is 8.52. The number of hydrogen-bond acceptors (Lipinski definition) is 6. The number of nitrogens with zero attached hydrogens (tertiary/aromatic N) is 4. The highest BCUT2D eigenvalue weighted by Gasteiger charge is 2.28. The normalized spacial score (nSPS) is 16.4. The number of carboxylic acid groups (broad SMARTS) is 1. The summed E-state index contributed by atoms with van der Waals surface area (Å²) < 4.78 is 0. The Balaban J connectivity index is 1.38. The molecule has 1 fully saturated rings. The number of oxime groups is 1. The van der Waals surface area contributed by atoms with Crippen molar-refractivity contribution in [1.29, 1.82) is 0 Å². The summed E-state index contributed by atoms with van der Waals surface area (Å²) in [5.74, 6) is -0.944. The molecule has 0 saturated carbocycles. The molecule has 1 N–H and O–H groups in total. The van der Waals surface area contributed by atoms with Gasteiger partial charge in [-0.25, -0.2) is 9.97 Å². The Morgan fingerprint density at radius 2 is 2.06 bits per heavy atom. The van der Waals surface area contributed by atoms with Crippen LogP contribution in [0.25, 0.3) is 11.3 Å².